The maximum Gasteiger partial charge on any atom is 0.254 e. The summed E-state index contributed by atoms with van der Waals surface area (Å²) in [4.78, 5) is 26.9. The molecule has 2 heterocycles. The Morgan fingerprint density at radius 3 is 2.64 bits per heavy atom. The van der Waals surface area contributed by atoms with Gasteiger partial charge >= 0.3 is 0 Å². The van der Waals surface area contributed by atoms with Crippen molar-refractivity contribution in [2.75, 3.05) is 31.5 Å². The average molecular weight is 343 g/mol. The molecular formula is C20H29N3O2. The second kappa shape index (κ2) is 8.48. The third kappa shape index (κ3) is 4.60. The maximum absolute atomic E-state index is 12.6. The Morgan fingerprint density at radius 1 is 1.20 bits per heavy atom. The van der Waals surface area contributed by atoms with E-state index in [0.29, 0.717) is 17.9 Å². The van der Waals surface area contributed by atoms with Crippen LogP contribution in [-0.2, 0) is 4.79 Å². The first kappa shape index (κ1) is 17.9. The van der Waals surface area contributed by atoms with Crippen molar-refractivity contribution >= 4 is 17.5 Å². The van der Waals surface area contributed by atoms with Gasteiger partial charge in [0.15, 0.2) is 0 Å². The van der Waals surface area contributed by atoms with E-state index in [4.69, 9.17) is 0 Å². The van der Waals surface area contributed by atoms with Crippen LogP contribution < -0.4 is 10.6 Å². The minimum atomic E-state index is 0.0485. The lowest BCUT2D eigenvalue weighted by Gasteiger charge is -2.22. The molecule has 0 atom stereocenters. The summed E-state index contributed by atoms with van der Waals surface area (Å²) < 4.78 is 0. The van der Waals surface area contributed by atoms with E-state index in [9.17, 15) is 9.59 Å². The Labute approximate surface area is 150 Å². The van der Waals surface area contributed by atoms with Crippen LogP contribution in [0.2, 0.25) is 0 Å². The van der Waals surface area contributed by atoms with E-state index in [1.807, 2.05) is 30.0 Å². The molecular weight excluding hydrogens is 314 g/mol. The van der Waals surface area contributed by atoms with Gasteiger partial charge < -0.3 is 15.5 Å². The highest BCUT2D eigenvalue weighted by Crippen LogP contribution is 2.23. The first-order chi connectivity index (χ1) is 12.1. The number of nitrogens with zero attached hydrogens (tertiary/aromatic N) is 1. The van der Waals surface area contributed by atoms with Crippen LogP contribution in [0.15, 0.2) is 18.2 Å². The van der Waals surface area contributed by atoms with E-state index in [0.717, 1.165) is 69.5 Å². The molecule has 2 amide bonds. The molecule has 0 unspecified atom stereocenters. The zero-order chi connectivity index (χ0) is 17.6. The Kier molecular flexibility index (Phi) is 6.08. The van der Waals surface area contributed by atoms with Crippen molar-refractivity contribution < 1.29 is 9.59 Å². The topological polar surface area (TPSA) is 61.4 Å². The summed E-state index contributed by atoms with van der Waals surface area (Å²) in [7, 11) is 0. The van der Waals surface area contributed by atoms with Crippen molar-refractivity contribution in [1.29, 1.82) is 0 Å². The number of piperidine rings is 1. The molecule has 1 aromatic rings. The lowest BCUT2D eigenvalue weighted by atomic mass is 9.93. The van der Waals surface area contributed by atoms with Crippen LogP contribution in [0, 0.1) is 12.8 Å². The van der Waals surface area contributed by atoms with Crippen LogP contribution in [0.1, 0.15) is 54.4 Å². The van der Waals surface area contributed by atoms with Gasteiger partial charge in [0.1, 0.15) is 0 Å². The second-order valence-corrected chi connectivity index (χ2v) is 7.26. The van der Waals surface area contributed by atoms with E-state index in [-0.39, 0.29) is 11.8 Å². The highest BCUT2D eigenvalue weighted by Gasteiger charge is 2.22. The molecule has 2 N–H and O–H groups in total. The number of carbonyl (C=O) groups excluding carboxylic acids is 2. The van der Waals surface area contributed by atoms with Gasteiger partial charge in [-0.15, -0.1) is 0 Å². The molecule has 0 spiro atoms. The number of nitrogens with one attached hydrogen (secondary N) is 2. The van der Waals surface area contributed by atoms with Gasteiger partial charge in [0, 0.05) is 30.8 Å². The molecule has 3 rings (SSSR count). The molecule has 0 aromatic heterocycles. The van der Waals surface area contributed by atoms with Gasteiger partial charge in [0.25, 0.3) is 5.91 Å². The number of likely N-dealkylation sites (tertiary alicyclic amines) is 1. The van der Waals surface area contributed by atoms with Crippen molar-refractivity contribution in [1.82, 2.24) is 10.2 Å². The van der Waals surface area contributed by atoms with Crippen molar-refractivity contribution in [2.24, 2.45) is 5.92 Å². The van der Waals surface area contributed by atoms with E-state index in [2.05, 4.69) is 10.6 Å². The Morgan fingerprint density at radius 2 is 1.92 bits per heavy atom. The van der Waals surface area contributed by atoms with Gasteiger partial charge in [0.2, 0.25) is 5.91 Å². The van der Waals surface area contributed by atoms with E-state index in [1.54, 1.807) is 0 Å². The number of benzene rings is 1. The molecule has 2 aliphatic rings. The summed E-state index contributed by atoms with van der Waals surface area (Å²) in [6.45, 7) is 5.72. The van der Waals surface area contributed by atoms with Gasteiger partial charge in [0.05, 0.1) is 0 Å². The number of amides is 2. The molecule has 136 valence electrons. The molecule has 0 saturated carbocycles. The lowest BCUT2D eigenvalue weighted by Crippen LogP contribution is -2.29. The van der Waals surface area contributed by atoms with E-state index in [1.165, 1.54) is 0 Å². The number of hydrogen-bond donors (Lipinski definition) is 2. The van der Waals surface area contributed by atoms with Crippen LogP contribution >= 0.6 is 0 Å². The van der Waals surface area contributed by atoms with Gasteiger partial charge in [-0.2, -0.15) is 0 Å². The van der Waals surface area contributed by atoms with Crippen LogP contribution in [-0.4, -0.2) is 42.9 Å². The van der Waals surface area contributed by atoms with Gasteiger partial charge in [-0.25, -0.2) is 0 Å². The van der Waals surface area contributed by atoms with Crippen LogP contribution in [0.25, 0.3) is 0 Å². The molecule has 25 heavy (non-hydrogen) atoms. The number of anilines is 1. The van der Waals surface area contributed by atoms with Gasteiger partial charge in [-0.05, 0) is 75.7 Å². The smallest absolute Gasteiger partial charge is 0.254 e. The predicted molar refractivity (Wildman–Crippen MR) is 99.8 cm³/mol. The standard InChI is InChI=1S/C20H29N3O2/c1-15-17(20(25)23-13-2-3-14-23)5-4-6-18(15)22-19(24)8-7-16-9-11-21-12-10-16/h4-6,16,21H,2-3,7-14H2,1H3,(H,22,24). The molecule has 2 saturated heterocycles. The summed E-state index contributed by atoms with van der Waals surface area (Å²) in [5.74, 6) is 0.782. The van der Waals surface area contributed by atoms with Crippen LogP contribution in [0.3, 0.4) is 0 Å². The number of hydrogen-bond acceptors (Lipinski definition) is 3. The van der Waals surface area contributed by atoms with Gasteiger partial charge in [-0.3, -0.25) is 9.59 Å². The SMILES string of the molecule is Cc1c(NC(=O)CCC2CCNCC2)cccc1C(=O)N1CCCC1. The fourth-order valence-electron chi connectivity index (χ4n) is 3.81. The molecule has 5 nitrogen and oxygen atoms in total. The number of carbonyl (C=O) groups is 2. The molecule has 0 aliphatic carbocycles. The van der Waals surface area contributed by atoms with Crippen LogP contribution in [0.5, 0.6) is 0 Å². The van der Waals surface area contributed by atoms with Crippen molar-refractivity contribution in [3.8, 4) is 0 Å². The first-order valence-electron chi connectivity index (χ1n) is 9.54. The minimum Gasteiger partial charge on any atom is -0.339 e. The lowest BCUT2D eigenvalue weighted by molar-refractivity contribution is -0.116. The maximum atomic E-state index is 12.6. The fourth-order valence-corrected chi connectivity index (χ4v) is 3.81. The Hall–Kier alpha value is -1.88. The number of rotatable bonds is 5. The van der Waals surface area contributed by atoms with Crippen molar-refractivity contribution in [3.05, 3.63) is 29.3 Å². The molecule has 2 aliphatic heterocycles. The first-order valence-corrected chi connectivity index (χ1v) is 9.54. The van der Waals surface area contributed by atoms with Gasteiger partial charge in [-0.1, -0.05) is 6.07 Å². The zero-order valence-electron chi connectivity index (χ0n) is 15.1. The van der Waals surface area contributed by atoms with E-state index < -0.39 is 0 Å². The third-order valence-electron chi connectivity index (χ3n) is 5.47. The summed E-state index contributed by atoms with van der Waals surface area (Å²) in [6.07, 6.45) is 5.97. The van der Waals surface area contributed by atoms with E-state index >= 15 is 0 Å². The molecule has 0 bridgehead atoms. The summed E-state index contributed by atoms with van der Waals surface area (Å²) in [5, 5.41) is 6.36. The van der Waals surface area contributed by atoms with Crippen molar-refractivity contribution in [3.63, 3.8) is 0 Å². The average Bonchev–Trinajstić information content (AvgIpc) is 3.17. The predicted octanol–water partition coefficient (Wildman–Crippen LogP) is 2.95. The Bertz CT molecular complexity index is 617. The normalized spacial score (nSPS) is 18.4. The summed E-state index contributed by atoms with van der Waals surface area (Å²) in [5.41, 5.74) is 2.34. The Balaban J connectivity index is 1.59. The molecule has 1 aromatic carbocycles. The fraction of sp³-hybridized carbons (Fsp3) is 0.600. The van der Waals surface area contributed by atoms with Crippen molar-refractivity contribution in [2.45, 2.75) is 45.4 Å². The quantitative estimate of drug-likeness (QED) is 0.864. The summed E-state index contributed by atoms with van der Waals surface area (Å²) in [6, 6.07) is 5.61. The van der Waals surface area contributed by atoms with Crippen LogP contribution in [0.4, 0.5) is 5.69 Å². The molecule has 0 radical (unpaired) electrons. The second-order valence-electron chi connectivity index (χ2n) is 7.26. The highest BCUT2D eigenvalue weighted by molar-refractivity contribution is 5.99. The zero-order valence-corrected chi connectivity index (χ0v) is 15.1. The highest BCUT2D eigenvalue weighted by atomic mass is 16.2. The monoisotopic (exact) mass is 343 g/mol. The summed E-state index contributed by atoms with van der Waals surface area (Å²) >= 11 is 0. The molecule has 2 fully saturated rings. The molecule has 5 heteroatoms. The largest absolute Gasteiger partial charge is 0.339 e. The minimum absolute atomic E-state index is 0.0485. The third-order valence-corrected chi connectivity index (χ3v) is 5.47.